The van der Waals surface area contributed by atoms with E-state index in [4.69, 9.17) is 0 Å². The van der Waals surface area contributed by atoms with Gasteiger partial charge in [0.2, 0.25) is 0 Å². The molecule has 0 radical (unpaired) electrons. The summed E-state index contributed by atoms with van der Waals surface area (Å²) < 4.78 is 0. The molecule has 33 heavy (non-hydrogen) atoms. The van der Waals surface area contributed by atoms with Crippen LogP contribution in [-0.2, 0) is 10.2 Å². The highest BCUT2D eigenvalue weighted by molar-refractivity contribution is 6.01. The van der Waals surface area contributed by atoms with Crippen molar-refractivity contribution in [3.05, 3.63) is 76.9 Å². The summed E-state index contributed by atoms with van der Waals surface area (Å²) in [7, 11) is 2.05. The average molecular weight is 442 g/mol. The standard InChI is InChI=1S/C27H31N5O/c1-6-27(18-8-7-9-19(12-18)32(5)20-11-10-17(2)28-15-20)21-16-29-31-25(21)30-22-13-26(3,4)14-23(33)24(22)27/h7-12,15-16,25,30H,6,13-14H2,1-5H3. The van der Waals surface area contributed by atoms with E-state index in [2.05, 4.69) is 76.5 Å². The number of carbonyl (C=O) groups excluding carboxylic acids is 1. The molecule has 1 aliphatic carbocycles. The molecule has 6 nitrogen and oxygen atoms in total. The summed E-state index contributed by atoms with van der Waals surface area (Å²) in [6, 6.07) is 12.6. The van der Waals surface area contributed by atoms with Gasteiger partial charge in [-0.1, -0.05) is 32.9 Å². The molecule has 2 unspecified atom stereocenters. The normalized spacial score (nSPS) is 25.3. The SMILES string of the molecule is CCC1(c2cccc(N(C)c3ccc(C)nc3)c2)C2=CN=NC2NC2=C1C(=O)CC(C)(C)C2. The van der Waals surface area contributed by atoms with Crippen LogP contribution in [0.15, 0.2) is 75.9 Å². The molecule has 0 bridgehead atoms. The number of nitrogens with one attached hydrogen (secondary N) is 1. The van der Waals surface area contributed by atoms with Crippen LogP contribution >= 0.6 is 0 Å². The van der Waals surface area contributed by atoms with Crippen molar-refractivity contribution in [2.75, 3.05) is 11.9 Å². The molecule has 0 saturated carbocycles. The fraction of sp³-hybridized carbons (Fsp3) is 0.407. The van der Waals surface area contributed by atoms with Crippen molar-refractivity contribution in [2.45, 2.75) is 58.5 Å². The number of aryl methyl sites for hydroxylation is 1. The molecule has 0 fully saturated rings. The number of rotatable bonds is 4. The van der Waals surface area contributed by atoms with Gasteiger partial charge >= 0.3 is 0 Å². The summed E-state index contributed by atoms with van der Waals surface area (Å²) in [6.45, 7) is 8.48. The summed E-state index contributed by atoms with van der Waals surface area (Å²) in [5, 5.41) is 12.3. The molecule has 5 rings (SSSR count). The van der Waals surface area contributed by atoms with E-state index in [0.29, 0.717) is 6.42 Å². The smallest absolute Gasteiger partial charge is 0.164 e. The Morgan fingerprint density at radius 1 is 1.15 bits per heavy atom. The summed E-state index contributed by atoms with van der Waals surface area (Å²) >= 11 is 0. The van der Waals surface area contributed by atoms with Gasteiger partial charge in [-0.15, -0.1) is 0 Å². The fourth-order valence-electron chi connectivity index (χ4n) is 5.68. The van der Waals surface area contributed by atoms with Crippen molar-refractivity contribution >= 4 is 17.2 Å². The topological polar surface area (TPSA) is 70.0 Å². The van der Waals surface area contributed by atoms with E-state index < -0.39 is 5.41 Å². The number of hydrogen-bond acceptors (Lipinski definition) is 6. The van der Waals surface area contributed by atoms with Crippen LogP contribution in [0.1, 0.15) is 51.3 Å². The van der Waals surface area contributed by atoms with Crippen molar-refractivity contribution in [2.24, 2.45) is 15.6 Å². The number of fused-ring (bicyclic) bond motifs is 1. The van der Waals surface area contributed by atoms with E-state index in [9.17, 15) is 4.79 Å². The van der Waals surface area contributed by atoms with E-state index >= 15 is 0 Å². The number of allylic oxidation sites excluding steroid dienone is 2. The number of hydrogen-bond donors (Lipinski definition) is 1. The number of nitrogens with zero attached hydrogens (tertiary/aromatic N) is 4. The Labute approximate surface area is 195 Å². The largest absolute Gasteiger partial charge is 0.362 e. The van der Waals surface area contributed by atoms with Gasteiger partial charge in [-0.25, -0.2) is 0 Å². The second kappa shape index (κ2) is 7.65. The lowest BCUT2D eigenvalue weighted by Crippen LogP contribution is -2.51. The molecule has 1 N–H and O–H groups in total. The predicted molar refractivity (Wildman–Crippen MR) is 130 cm³/mol. The number of ketones is 1. The van der Waals surface area contributed by atoms with Gasteiger partial charge in [0.05, 0.1) is 23.5 Å². The van der Waals surface area contributed by atoms with Crippen LogP contribution < -0.4 is 10.2 Å². The minimum Gasteiger partial charge on any atom is -0.362 e. The molecule has 0 amide bonds. The third kappa shape index (κ3) is 3.39. The van der Waals surface area contributed by atoms with Gasteiger partial charge in [0.1, 0.15) is 0 Å². The quantitative estimate of drug-likeness (QED) is 0.658. The third-order valence-electron chi connectivity index (χ3n) is 7.32. The van der Waals surface area contributed by atoms with E-state index in [-0.39, 0.29) is 17.4 Å². The van der Waals surface area contributed by atoms with Crippen molar-refractivity contribution in [3.63, 3.8) is 0 Å². The van der Waals surface area contributed by atoms with Gasteiger partial charge in [0, 0.05) is 41.7 Å². The lowest BCUT2D eigenvalue weighted by molar-refractivity contribution is -0.119. The van der Waals surface area contributed by atoms with Crippen molar-refractivity contribution in [1.29, 1.82) is 0 Å². The third-order valence-corrected chi connectivity index (χ3v) is 7.32. The molecule has 1 aromatic carbocycles. The lowest BCUT2D eigenvalue weighted by atomic mass is 9.59. The first-order valence-corrected chi connectivity index (χ1v) is 11.7. The van der Waals surface area contributed by atoms with E-state index in [1.54, 1.807) is 0 Å². The van der Waals surface area contributed by atoms with Gasteiger partial charge in [-0.05, 0) is 55.0 Å². The van der Waals surface area contributed by atoms with Crippen LogP contribution in [0, 0.1) is 12.3 Å². The first kappa shape index (κ1) is 21.6. The van der Waals surface area contributed by atoms with Crippen molar-refractivity contribution in [3.8, 4) is 0 Å². The van der Waals surface area contributed by atoms with Crippen LogP contribution in [-0.4, -0.2) is 24.0 Å². The minimum absolute atomic E-state index is 0.0696. The average Bonchev–Trinajstić information content (AvgIpc) is 3.25. The Bertz CT molecular complexity index is 1210. The molecule has 0 saturated heterocycles. The van der Waals surface area contributed by atoms with Crippen LogP contribution in [0.5, 0.6) is 0 Å². The van der Waals surface area contributed by atoms with Crippen molar-refractivity contribution < 1.29 is 4.79 Å². The summed E-state index contributed by atoms with van der Waals surface area (Å²) in [5.41, 5.74) is 6.56. The Kier molecular flexibility index (Phi) is 5.00. The lowest BCUT2D eigenvalue weighted by Gasteiger charge is -2.48. The van der Waals surface area contributed by atoms with Crippen LogP contribution in [0.4, 0.5) is 11.4 Å². The number of Topliss-reactive ketones (excluding diaryl/α,β-unsaturated/α-hetero) is 1. The number of pyridine rings is 1. The monoisotopic (exact) mass is 441 g/mol. The van der Waals surface area contributed by atoms with Crippen LogP contribution in [0.25, 0.3) is 0 Å². The highest BCUT2D eigenvalue weighted by atomic mass is 16.1. The summed E-state index contributed by atoms with van der Waals surface area (Å²) in [5.74, 6) is 0.225. The zero-order valence-corrected chi connectivity index (χ0v) is 20.0. The van der Waals surface area contributed by atoms with Gasteiger partial charge < -0.3 is 10.2 Å². The second-order valence-electron chi connectivity index (χ2n) is 10.2. The van der Waals surface area contributed by atoms with Crippen LogP contribution in [0.2, 0.25) is 0 Å². The molecule has 1 aromatic heterocycles. The maximum absolute atomic E-state index is 13.6. The summed E-state index contributed by atoms with van der Waals surface area (Å²) in [6.07, 6.45) is 5.70. The molecular weight excluding hydrogens is 410 g/mol. The first-order valence-electron chi connectivity index (χ1n) is 11.7. The van der Waals surface area contributed by atoms with Gasteiger partial charge in [-0.3, -0.25) is 9.78 Å². The van der Waals surface area contributed by atoms with E-state index in [0.717, 1.165) is 52.3 Å². The molecule has 3 heterocycles. The molecular formula is C27H31N5O. The van der Waals surface area contributed by atoms with E-state index in [1.807, 2.05) is 32.4 Å². The van der Waals surface area contributed by atoms with Gasteiger partial charge in [0.15, 0.2) is 11.9 Å². The minimum atomic E-state index is -0.537. The number of azo groups is 1. The molecule has 2 atom stereocenters. The second-order valence-corrected chi connectivity index (χ2v) is 10.2. The van der Waals surface area contributed by atoms with Crippen LogP contribution in [0.3, 0.4) is 0 Å². The molecule has 3 aliphatic rings. The molecule has 2 aromatic rings. The summed E-state index contributed by atoms with van der Waals surface area (Å²) in [4.78, 5) is 20.2. The zero-order chi connectivity index (χ0) is 23.4. The van der Waals surface area contributed by atoms with Gasteiger partial charge in [0.25, 0.3) is 0 Å². The number of benzene rings is 1. The fourth-order valence-corrected chi connectivity index (χ4v) is 5.68. The maximum Gasteiger partial charge on any atom is 0.164 e. The van der Waals surface area contributed by atoms with Gasteiger partial charge in [-0.2, -0.15) is 10.2 Å². The van der Waals surface area contributed by atoms with E-state index in [1.165, 1.54) is 0 Å². The number of anilines is 2. The van der Waals surface area contributed by atoms with Crippen molar-refractivity contribution in [1.82, 2.24) is 10.3 Å². The zero-order valence-electron chi connectivity index (χ0n) is 20.0. The molecule has 0 spiro atoms. The Morgan fingerprint density at radius 3 is 2.70 bits per heavy atom. The maximum atomic E-state index is 13.6. The molecule has 170 valence electrons. The Hall–Kier alpha value is -3.28. The first-order chi connectivity index (χ1) is 15.7. The highest BCUT2D eigenvalue weighted by Crippen LogP contribution is 2.54. The number of aromatic nitrogens is 1. The Balaban J connectivity index is 1.66. The number of carbonyl (C=O) groups is 1. The predicted octanol–water partition coefficient (Wildman–Crippen LogP) is 5.73. The molecule has 2 aliphatic heterocycles. The molecule has 6 heteroatoms. The highest BCUT2D eigenvalue weighted by Gasteiger charge is 2.53. The Morgan fingerprint density at radius 2 is 1.97 bits per heavy atom.